The molecule has 0 unspecified atom stereocenters. The highest BCUT2D eigenvalue weighted by Crippen LogP contribution is 2.38. The lowest BCUT2D eigenvalue weighted by Gasteiger charge is -2.26. The summed E-state index contributed by atoms with van der Waals surface area (Å²) < 4.78 is 18.9. The minimum absolute atomic E-state index is 0.153. The largest absolute Gasteiger partial charge is 0.356 e. The zero-order valence-corrected chi connectivity index (χ0v) is 11.6. The van der Waals surface area contributed by atoms with E-state index in [0.717, 1.165) is 38.5 Å². The van der Waals surface area contributed by atoms with E-state index in [-0.39, 0.29) is 10.6 Å². The van der Waals surface area contributed by atoms with Crippen LogP contribution in [-0.4, -0.2) is 5.16 Å². The van der Waals surface area contributed by atoms with Crippen molar-refractivity contribution in [3.8, 4) is 0 Å². The zero-order valence-electron chi connectivity index (χ0n) is 10.9. The van der Waals surface area contributed by atoms with Crippen molar-refractivity contribution >= 4 is 11.6 Å². The molecule has 1 aromatic rings. The third-order valence-electron chi connectivity index (χ3n) is 3.31. The molecular formula is C13H21ClFNO. The zero-order chi connectivity index (χ0) is 12.9. The SMILES string of the molecule is CCCCC(C)(CCCC)c1onc(Cl)c1F. The van der Waals surface area contributed by atoms with Gasteiger partial charge in [0.05, 0.1) is 0 Å². The minimum atomic E-state index is -0.485. The molecule has 1 heterocycles. The average molecular weight is 262 g/mol. The van der Waals surface area contributed by atoms with Crippen LogP contribution in [-0.2, 0) is 5.41 Å². The highest BCUT2D eigenvalue weighted by molar-refractivity contribution is 6.29. The van der Waals surface area contributed by atoms with Gasteiger partial charge in [0.15, 0.2) is 5.76 Å². The van der Waals surface area contributed by atoms with E-state index >= 15 is 0 Å². The van der Waals surface area contributed by atoms with E-state index < -0.39 is 5.82 Å². The van der Waals surface area contributed by atoms with Gasteiger partial charge in [-0.25, -0.2) is 0 Å². The standard InChI is InChI=1S/C13H21ClFNO/c1-4-6-8-13(3,9-7-5-2)11-10(15)12(14)16-17-11/h4-9H2,1-3H3. The van der Waals surface area contributed by atoms with Crippen molar-refractivity contribution in [2.75, 3.05) is 0 Å². The van der Waals surface area contributed by atoms with Gasteiger partial charge in [0.1, 0.15) is 0 Å². The summed E-state index contributed by atoms with van der Waals surface area (Å²) in [5.41, 5.74) is -0.282. The van der Waals surface area contributed by atoms with Crippen molar-refractivity contribution < 1.29 is 8.91 Å². The molecule has 17 heavy (non-hydrogen) atoms. The van der Waals surface area contributed by atoms with Gasteiger partial charge in [-0.05, 0) is 12.8 Å². The number of aromatic nitrogens is 1. The van der Waals surface area contributed by atoms with E-state index in [2.05, 4.69) is 19.0 Å². The minimum Gasteiger partial charge on any atom is -0.356 e. The summed E-state index contributed by atoms with van der Waals surface area (Å²) >= 11 is 5.62. The van der Waals surface area contributed by atoms with Gasteiger partial charge in [-0.15, -0.1) is 0 Å². The van der Waals surface area contributed by atoms with Crippen molar-refractivity contribution in [2.45, 2.75) is 64.7 Å². The Labute approximate surface area is 108 Å². The lowest BCUT2D eigenvalue weighted by molar-refractivity contribution is 0.255. The van der Waals surface area contributed by atoms with E-state index in [0.29, 0.717) is 5.76 Å². The van der Waals surface area contributed by atoms with Crippen LogP contribution in [0.15, 0.2) is 4.52 Å². The number of nitrogens with zero attached hydrogens (tertiary/aromatic N) is 1. The van der Waals surface area contributed by atoms with Crippen molar-refractivity contribution in [1.82, 2.24) is 5.16 Å². The molecule has 0 amide bonds. The number of halogens is 2. The Morgan fingerprint density at radius 2 is 1.76 bits per heavy atom. The van der Waals surface area contributed by atoms with E-state index in [4.69, 9.17) is 16.1 Å². The Morgan fingerprint density at radius 3 is 2.12 bits per heavy atom. The normalized spacial score (nSPS) is 12.1. The van der Waals surface area contributed by atoms with E-state index in [1.165, 1.54) is 0 Å². The number of rotatable bonds is 7. The average Bonchev–Trinajstić information content (AvgIpc) is 2.65. The molecule has 4 heteroatoms. The first kappa shape index (κ1) is 14.5. The molecule has 0 aromatic carbocycles. The van der Waals surface area contributed by atoms with Crippen LogP contribution in [0.5, 0.6) is 0 Å². The van der Waals surface area contributed by atoms with Crippen LogP contribution in [0, 0.1) is 5.82 Å². The number of hydrogen-bond donors (Lipinski definition) is 0. The number of unbranched alkanes of at least 4 members (excludes halogenated alkanes) is 2. The fourth-order valence-electron chi connectivity index (χ4n) is 2.12. The molecule has 0 atom stereocenters. The van der Waals surface area contributed by atoms with E-state index in [9.17, 15) is 4.39 Å². The number of hydrogen-bond acceptors (Lipinski definition) is 2. The Bertz CT molecular complexity index is 343. The first-order valence-corrected chi connectivity index (χ1v) is 6.74. The quantitative estimate of drug-likeness (QED) is 0.682. The molecule has 0 saturated heterocycles. The summed E-state index contributed by atoms with van der Waals surface area (Å²) in [6.07, 6.45) is 6.10. The Morgan fingerprint density at radius 1 is 1.24 bits per heavy atom. The second kappa shape index (κ2) is 6.39. The summed E-state index contributed by atoms with van der Waals surface area (Å²) in [4.78, 5) is 0. The second-order valence-electron chi connectivity index (χ2n) is 4.88. The first-order valence-electron chi connectivity index (χ1n) is 6.36. The molecule has 2 nitrogen and oxygen atoms in total. The van der Waals surface area contributed by atoms with Crippen LogP contribution in [0.3, 0.4) is 0 Å². The van der Waals surface area contributed by atoms with Crippen LogP contribution >= 0.6 is 11.6 Å². The molecule has 0 saturated carbocycles. The van der Waals surface area contributed by atoms with Gasteiger partial charge in [-0.1, -0.05) is 63.2 Å². The molecule has 0 radical (unpaired) electrons. The molecule has 98 valence electrons. The second-order valence-corrected chi connectivity index (χ2v) is 5.24. The Kier molecular flexibility index (Phi) is 5.44. The van der Waals surface area contributed by atoms with Crippen LogP contribution in [0.1, 0.15) is 65.1 Å². The summed E-state index contributed by atoms with van der Waals surface area (Å²) in [6, 6.07) is 0. The van der Waals surface area contributed by atoms with Crippen molar-refractivity contribution in [1.29, 1.82) is 0 Å². The third-order valence-corrected chi connectivity index (χ3v) is 3.54. The van der Waals surface area contributed by atoms with Crippen LogP contribution < -0.4 is 0 Å². The van der Waals surface area contributed by atoms with Crippen LogP contribution in [0.2, 0.25) is 5.15 Å². The third kappa shape index (κ3) is 3.44. The van der Waals surface area contributed by atoms with Crippen molar-refractivity contribution in [3.63, 3.8) is 0 Å². The topological polar surface area (TPSA) is 26.0 Å². The lowest BCUT2D eigenvalue weighted by atomic mass is 9.78. The molecule has 0 aliphatic carbocycles. The molecule has 1 aromatic heterocycles. The van der Waals surface area contributed by atoms with Gasteiger partial charge in [0.25, 0.3) is 0 Å². The van der Waals surface area contributed by atoms with E-state index in [1.54, 1.807) is 0 Å². The van der Waals surface area contributed by atoms with Gasteiger partial charge in [0.2, 0.25) is 11.0 Å². The smallest absolute Gasteiger partial charge is 0.208 e. The molecule has 0 aliphatic heterocycles. The molecule has 0 fully saturated rings. The maximum Gasteiger partial charge on any atom is 0.208 e. The Hall–Kier alpha value is -0.570. The monoisotopic (exact) mass is 261 g/mol. The van der Waals surface area contributed by atoms with Gasteiger partial charge < -0.3 is 4.52 Å². The highest BCUT2D eigenvalue weighted by Gasteiger charge is 2.34. The van der Waals surface area contributed by atoms with Gasteiger partial charge in [0, 0.05) is 5.41 Å². The molecule has 0 spiro atoms. The Balaban J connectivity index is 2.92. The molecule has 0 N–H and O–H groups in total. The molecular weight excluding hydrogens is 241 g/mol. The predicted octanol–water partition coefficient (Wildman–Crippen LogP) is 5.11. The van der Waals surface area contributed by atoms with Crippen molar-refractivity contribution in [3.05, 3.63) is 16.7 Å². The highest BCUT2D eigenvalue weighted by atomic mass is 35.5. The van der Waals surface area contributed by atoms with Gasteiger partial charge in [-0.3, -0.25) is 0 Å². The summed E-state index contributed by atoms with van der Waals surface area (Å²) in [5.74, 6) is -0.161. The summed E-state index contributed by atoms with van der Waals surface area (Å²) in [7, 11) is 0. The van der Waals surface area contributed by atoms with Crippen LogP contribution in [0.4, 0.5) is 4.39 Å². The first-order chi connectivity index (χ1) is 8.05. The van der Waals surface area contributed by atoms with Gasteiger partial charge in [-0.2, -0.15) is 4.39 Å². The summed E-state index contributed by atoms with van der Waals surface area (Å²) in [6.45, 7) is 6.30. The fourth-order valence-corrected chi connectivity index (χ4v) is 2.24. The van der Waals surface area contributed by atoms with Gasteiger partial charge >= 0.3 is 0 Å². The molecule has 1 rings (SSSR count). The maximum absolute atomic E-state index is 13.8. The van der Waals surface area contributed by atoms with Crippen LogP contribution in [0.25, 0.3) is 0 Å². The van der Waals surface area contributed by atoms with Crippen molar-refractivity contribution in [2.24, 2.45) is 0 Å². The fraction of sp³-hybridized carbons (Fsp3) is 0.769. The molecule has 0 aliphatic rings. The van der Waals surface area contributed by atoms with E-state index in [1.807, 2.05) is 6.92 Å². The lowest BCUT2D eigenvalue weighted by Crippen LogP contribution is -2.22. The molecule has 0 bridgehead atoms. The maximum atomic E-state index is 13.8. The predicted molar refractivity (Wildman–Crippen MR) is 67.9 cm³/mol. The summed E-state index contributed by atoms with van der Waals surface area (Å²) in [5, 5.41) is 3.36.